The first kappa shape index (κ1) is 27.1. The number of nitriles is 1. The van der Waals surface area contributed by atoms with E-state index in [1.165, 1.54) is 24.3 Å². The monoisotopic (exact) mass is 505 g/mol. The molecule has 1 aromatic carbocycles. The van der Waals surface area contributed by atoms with Gasteiger partial charge in [-0.15, -0.1) is 0 Å². The standard InChI is InChI=1S/C25H27F4N5O2/c1-23(2,26)13-19(21(35)32-12-11-30)34-20(25(27,28)29)16-5-3-15(4-6-16)18-8-7-17(14-33-18)24(9-10-24)22(31)36/h3-8,14,19-20,34H,9-10,12-13H2,1-2H3,(H2,31,36)(H,32,35)/t19-,20-/m0/s1. The summed E-state index contributed by atoms with van der Waals surface area (Å²) in [7, 11) is 0. The molecule has 11 heteroatoms. The molecular formula is C25H27F4N5O2. The maximum atomic E-state index is 14.3. The molecule has 1 aliphatic rings. The van der Waals surface area contributed by atoms with Gasteiger partial charge in [0.2, 0.25) is 11.8 Å². The number of rotatable bonds is 10. The fraction of sp³-hybridized carbons (Fsp3) is 0.440. The molecule has 0 unspecified atom stereocenters. The molecule has 1 fully saturated rings. The zero-order valence-corrected chi connectivity index (χ0v) is 19.8. The third kappa shape index (κ3) is 6.37. The number of pyridine rings is 1. The Morgan fingerprint density at radius 2 is 1.78 bits per heavy atom. The second-order valence-electron chi connectivity index (χ2n) is 9.49. The van der Waals surface area contributed by atoms with Gasteiger partial charge in [-0.25, -0.2) is 4.39 Å². The van der Waals surface area contributed by atoms with E-state index >= 15 is 0 Å². The zero-order chi connectivity index (χ0) is 26.7. The molecule has 1 aliphatic carbocycles. The number of nitrogens with one attached hydrogen (secondary N) is 2. The number of halogens is 4. The molecule has 1 aromatic heterocycles. The Balaban J connectivity index is 1.83. The zero-order valence-electron chi connectivity index (χ0n) is 19.8. The number of benzene rings is 1. The summed E-state index contributed by atoms with van der Waals surface area (Å²) in [6.07, 6.45) is -2.47. The van der Waals surface area contributed by atoms with Crippen molar-refractivity contribution in [1.82, 2.24) is 15.6 Å². The van der Waals surface area contributed by atoms with Crippen LogP contribution in [0.25, 0.3) is 11.3 Å². The van der Waals surface area contributed by atoms with E-state index in [9.17, 15) is 27.2 Å². The minimum absolute atomic E-state index is 0.178. The summed E-state index contributed by atoms with van der Waals surface area (Å²) in [5.74, 6) is -1.32. The normalized spacial score (nSPS) is 16.5. The first-order valence-corrected chi connectivity index (χ1v) is 11.3. The third-order valence-electron chi connectivity index (χ3n) is 6.12. The van der Waals surface area contributed by atoms with Gasteiger partial charge < -0.3 is 11.1 Å². The summed E-state index contributed by atoms with van der Waals surface area (Å²) in [5, 5.41) is 13.1. The molecule has 192 valence electrons. The molecule has 2 aromatic rings. The summed E-state index contributed by atoms with van der Waals surface area (Å²) < 4.78 is 56.2. The van der Waals surface area contributed by atoms with Gasteiger partial charge >= 0.3 is 6.18 Å². The number of carbonyl (C=O) groups is 2. The summed E-state index contributed by atoms with van der Waals surface area (Å²) in [6, 6.07) is 6.72. The maximum Gasteiger partial charge on any atom is 0.407 e. The third-order valence-corrected chi connectivity index (χ3v) is 6.12. The highest BCUT2D eigenvalue weighted by atomic mass is 19.4. The number of hydrogen-bond acceptors (Lipinski definition) is 5. The highest BCUT2D eigenvalue weighted by Crippen LogP contribution is 2.47. The van der Waals surface area contributed by atoms with Crippen LogP contribution in [-0.4, -0.2) is 41.2 Å². The smallest absolute Gasteiger partial charge is 0.369 e. The molecule has 2 amide bonds. The summed E-state index contributed by atoms with van der Waals surface area (Å²) in [4.78, 5) is 28.4. The van der Waals surface area contributed by atoms with Gasteiger partial charge in [0.15, 0.2) is 0 Å². The van der Waals surface area contributed by atoms with Crippen LogP contribution in [0.1, 0.15) is 50.3 Å². The van der Waals surface area contributed by atoms with Gasteiger partial charge in [-0.3, -0.25) is 19.9 Å². The van der Waals surface area contributed by atoms with Crippen molar-refractivity contribution >= 4 is 11.8 Å². The molecule has 4 N–H and O–H groups in total. The van der Waals surface area contributed by atoms with Gasteiger partial charge in [-0.1, -0.05) is 30.3 Å². The topological polar surface area (TPSA) is 121 Å². The number of hydrogen-bond donors (Lipinski definition) is 3. The van der Waals surface area contributed by atoms with Crippen LogP contribution in [0.15, 0.2) is 42.6 Å². The Morgan fingerprint density at radius 3 is 2.22 bits per heavy atom. The molecular weight excluding hydrogens is 478 g/mol. The fourth-order valence-corrected chi connectivity index (χ4v) is 4.04. The Hall–Kier alpha value is -3.52. The van der Waals surface area contributed by atoms with Crippen LogP contribution in [0.5, 0.6) is 0 Å². The number of aromatic nitrogens is 1. The average molecular weight is 506 g/mol. The molecule has 1 saturated carbocycles. The highest BCUT2D eigenvalue weighted by molar-refractivity contribution is 5.89. The Morgan fingerprint density at radius 1 is 1.14 bits per heavy atom. The lowest BCUT2D eigenvalue weighted by molar-refractivity contribution is -0.161. The van der Waals surface area contributed by atoms with E-state index in [0.29, 0.717) is 29.7 Å². The molecule has 2 atom stereocenters. The van der Waals surface area contributed by atoms with Crippen LogP contribution in [0.4, 0.5) is 17.6 Å². The van der Waals surface area contributed by atoms with Crippen molar-refractivity contribution in [1.29, 1.82) is 5.26 Å². The van der Waals surface area contributed by atoms with Crippen molar-refractivity contribution < 1.29 is 27.2 Å². The molecule has 0 radical (unpaired) electrons. The van der Waals surface area contributed by atoms with E-state index in [1.807, 2.05) is 0 Å². The van der Waals surface area contributed by atoms with Crippen LogP contribution in [0.3, 0.4) is 0 Å². The van der Waals surface area contributed by atoms with Crippen LogP contribution >= 0.6 is 0 Å². The molecule has 36 heavy (non-hydrogen) atoms. The van der Waals surface area contributed by atoms with Crippen LogP contribution < -0.4 is 16.4 Å². The Bertz CT molecular complexity index is 1130. The minimum atomic E-state index is -4.79. The van der Waals surface area contributed by atoms with Crippen molar-refractivity contribution in [3.8, 4) is 17.3 Å². The first-order valence-electron chi connectivity index (χ1n) is 11.3. The van der Waals surface area contributed by atoms with Crippen molar-refractivity contribution in [3.05, 3.63) is 53.7 Å². The summed E-state index contributed by atoms with van der Waals surface area (Å²) in [5.41, 5.74) is 4.42. The largest absolute Gasteiger partial charge is 0.407 e. The van der Waals surface area contributed by atoms with Crippen molar-refractivity contribution in [2.45, 2.75) is 62.5 Å². The lowest BCUT2D eigenvalue weighted by atomic mass is 9.95. The Labute approximate surface area is 206 Å². The van der Waals surface area contributed by atoms with Gasteiger partial charge in [0, 0.05) is 18.2 Å². The second-order valence-corrected chi connectivity index (χ2v) is 9.49. The fourth-order valence-electron chi connectivity index (χ4n) is 4.04. The first-order chi connectivity index (χ1) is 16.8. The van der Waals surface area contributed by atoms with Crippen LogP contribution in [0, 0.1) is 11.3 Å². The number of nitrogens with two attached hydrogens (primary N) is 1. The predicted molar refractivity (Wildman–Crippen MR) is 124 cm³/mol. The van der Waals surface area contributed by atoms with Gasteiger partial charge in [0.1, 0.15) is 18.3 Å². The molecule has 0 spiro atoms. The number of amides is 2. The average Bonchev–Trinajstić information content (AvgIpc) is 3.61. The number of primary amides is 1. The molecule has 0 aliphatic heterocycles. The van der Waals surface area contributed by atoms with Crippen molar-refractivity contribution in [2.75, 3.05) is 6.54 Å². The van der Waals surface area contributed by atoms with E-state index in [-0.39, 0.29) is 5.56 Å². The number of alkyl halides is 4. The van der Waals surface area contributed by atoms with Crippen LogP contribution in [0.2, 0.25) is 0 Å². The lowest BCUT2D eigenvalue weighted by Gasteiger charge is -2.29. The second kappa shape index (κ2) is 10.2. The van der Waals surface area contributed by atoms with Gasteiger partial charge in [0.05, 0.1) is 23.2 Å². The molecule has 0 bridgehead atoms. The highest BCUT2D eigenvalue weighted by Gasteiger charge is 2.50. The quantitative estimate of drug-likeness (QED) is 0.337. The minimum Gasteiger partial charge on any atom is -0.369 e. The van der Waals surface area contributed by atoms with E-state index in [4.69, 9.17) is 11.0 Å². The summed E-state index contributed by atoms with van der Waals surface area (Å²) in [6.45, 7) is 1.90. The maximum absolute atomic E-state index is 14.3. The van der Waals surface area contributed by atoms with E-state index < -0.39 is 54.1 Å². The lowest BCUT2D eigenvalue weighted by Crippen LogP contribution is -2.51. The Kier molecular flexibility index (Phi) is 7.69. The molecule has 7 nitrogen and oxygen atoms in total. The summed E-state index contributed by atoms with van der Waals surface area (Å²) >= 11 is 0. The molecule has 1 heterocycles. The number of nitrogens with zero attached hydrogens (tertiary/aromatic N) is 2. The molecule has 3 rings (SSSR count). The van der Waals surface area contributed by atoms with E-state index in [2.05, 4.69) is 15.6 Å². The van der Waals surface area contributed by atoms with Crippen molar-refractivity contribution in [2.24, 2.45) is 5.73 Å². The van der Waals surface area contributed by atoms with E-state index in [1.54, 1.807) is 24.4 Å². The van der Waals surface area contributed by atoms with Crippen LogP contribution in [-0.2, 0) is 15.0 Å². The van der Waals surface area contributed by atoms with E-state index in [0.717, 1.165) is 13.8 Å². The van der Waals surface area contributed by atoms with Gasteiger partial charge in [0.25, 0.3) is 0 Å². The van der Waals surface area contributed by atoms with Gasteiger partial charge in [-0.2, -0.15) is 18.4 Å². The SMILES string of the molecule is CC(C)(F)C[C@H](N[C@@H](c1ccc(-c2ccc(C3(C(N)=O)CC3)cn2)cc1)C(F)(F)F)C(=O)NCC#N. The number of carbonyl (C=O) groups excluding carboxylic acids is 2. The van der Waals surface area contributed by atoms with Gasteiger partial charge in [-0.05, 0) is 43.9 Å². The molecule has 0 saturated heterocycles. The predicted octanol–water partition coefficient (Wildman–Crippen LogP) is 3.61. The van der Waals surface area contributed by atoms with Crippen molar-refractivity contribution in [3.63, 3.8) is 0 Å².